The van der Waals surface area contributed by atoms with Gasteiger partial charge in [0.2, 0.25) is 11.8 Å². The number of phenols is 1. The van der Waals surface area contributed by atoms with E-state index in [9.17, 15) is 29.7 Å². The molecule has 2 aromatic carbocycles. The van der Waals surface area contributed by atoms with Crippen molar-refractivity contribution in [3.8, 4) is 5.75 Å². The molecular formula is C30H33NO8. The second-order valence-corrected chi connectivity index (χ2v) is 9.78. The Morgan fingerprint density at radius 3 is 2.49 bits per heavy atom. The van der Waals surface area contributed by atoms with Gasteiger partial charge < -0.3 is 24.8 Å². The third kappa shape index (κ3) is 5.80. The zero-order valence-electron chi connectivity index (χ0n) is 21.9. The first-order valence-corrected chi connectivity index (χ1v) is 12.8. The quantitative estimate of drug-likeness (QED) is 0.253. The number of amides is 3. The Balaban J connectivity index is 1.65. The van der Waals surface area contributed by atoms with E-state index >= 15 is 0 Å². The van der Waals surface area contributed by atoms with Crippen LogP contribution in [0.1, 0.15) is 30.4 Å². The lowest BCUT2D eigenvalue weighted by molar-refractivity contribution is -0.137. The van der Waals surface area contributed by atoms with Crippen molar-refractivity contribution in [2.24, 2.45) is 17.8 Å². The lowest BCUT2D eigenvalue weighted by Crippen LogP contribution is -2.40. The molecule has 0 unspecified atom stereocenters. The van der Waals surface area contributed by atoms with Gasteiger partial charge in [0, 0.05) is 13.0 Å². The van der Waals surface area contributed by atoms with Crippen LogP contribution in [-0.2, 0) is 19.1 Å². The van der Waals surface area contributed by atoms with E-state index in [0.717, 1.165) is 23.8 Å². The number of allylic oxidation sites excluding steroid dienone is 1. The molecule has 1 heterocycles. The molecule has 1 fully saturated rings. The van der Waals surface area contributed by atoms with Crippen molar-refractivity contribution in [3.05, 3.63) is 76.9 Å². The highest BCUT2D eigenvalue weighted by molar-refractivity contribution is 6.16. The average molecular weight is 536 g/mol. The largest absolute Gasteiger partial charge is 0.508 e. The monoisotopic (exact) mass is 535 g/mol. The number of rotatable bonds is 9. The molecular weight excluding hydrogens is 502 g/mol. The summed E-state index contributed by atoms with van der Waals surface area (Å²) in [6.45, 7) is -0.379. The number of aliphatic hydroxyl groups excluding tert-OH is 2. The normalized spacial score (nSPS) is 22.2. The van der Waals surface area contributed by atoms with Crippen LogP contribution in [0.15, 0.2) is 65.7 Å². The SMILES string of the molecule is COCC1=C([C@H](O)CC/C(=C/c2cccc(O)c2)c2ccccc2)[C@H](CO)[C@@H]2C(=O)N(C(=O)OC)C(=O)[C@@H]2C1. The van der Waals surface area contributed by atoms with E-state index in [4.69, 9.17) is 4.74 Å². The number of ether oxygens (including phenoxy) is 2. The van der Waals surface area contributed by atoms with Crippen molar-refractivity contribution in [2.45, 2.75) is 25.4 Å². The maximum absolute atomic E-state index is 13.2. The Bertz CT molecular complexity index is 1280. The molecule has 3 N–H and O–H groups in total. The summed E-state index contributed by atoms with van der Waals surface area (Å²) in [5.74, 6) is -3.94. The van der Waals surface area contributed by atoms with Gasteiger partial charge in [0.25, 0.3) is 0 Å². The molecule has 2 aliphatic rings. The van der Waals surface area contributed by atoms with E-state index in [1.54, 1.807) is 18.2 Å². The highest BCUT2D eigenvalue weighted by Gasteiger charge is 2.57. The molecule has 0 radical (unpaired) electrons. The van der Waals surface area contributed by atoms with Crippen molar-refractivity contribution < 1.29 is 39.2 Å². The maximum atomic E-state index is 13.2. The van der Waals surface area contributed by atoms with Crippen LogP contribution < -0.4 is 0 Å². The number of aromatic hydroxyl groups is 1. The number of aliphatic hydroxyl groups is 2. The predicted octanol–water partition coefficient (Wildman–Crippen LogP) is 3.40. The van der Waals surface area contributed by atoms with Crippen LogP contribution >= 0.6 is 0 Å². The smallest absolute Gasteiger partial charge is 0.423 e. The number of likely N-dealkylation sites (tertiary alicyclic amines) is 1. The van der Waals surface area contributed by atoms with E-state index in [-0.39, 0.29) is 25.2 Å². The van der Waals surface area contributed by atoms with Crippen LogP contribution in [0, 0.1) is 17.8 Å². The molecule has 3 amide bonds. The Hall–Kier alpha value is -3.79. The van der Waals surface area contributed by atoms with E-state index < -0.39 is 48.4 Å². The lowest BCUT2D eigenvalue weighted by Gasteiger charge is -2.36. The molecule has 1 saturated heterocycles. The second kappa shape index (κ2) is 12.4. The molecule has 0 aromatic heterocycles. The standard InChI is InChI=1S/C30H33NO8/c1-38-17-21-15-23-27(29(36)31(28(23)35)30(37)39-2)24(16-32)26(21)25(34)12-11-20(19-8-4-3-5-9-19)13-18-7-6-10-22(33)14-18/h3-10,13-14,23-25,27,32-34H,11-12,15-17H2,1-2H3/b20-13-/t23-,24+,25-,27-/m1/s1. The number of benzene rings is 2. The zero-order valence-corrected chi connectivity index (χ0v) is 21.9. The average Bonchev–Trinajstić information content (AvgIpc) is 3.19. The number of nitrogens with zero attached hydrogens (tertiary/aromatic N) is 1. The van der Waals surface area contributed by atoms with Crippen LogP contribution in [-0.4, -0.2) is 71.7 Å². The first-order valence-electron chi connectivity index (χ1n) is 12.8. The molecule has 4 atom stereocenters. The third-order valence-electron chi connectivity index (χ3n) is 7.46. The topological polar surface area (TPSA) is 134 Å². The van der Waals surface area contributed by atoms with Crippen LogP contribution in [0.3, 0.4) is 0 Å². The van der Waals surface area contributed by atoms with Crippen LogP contribution in [0.2, 0.25) is 0 Å². The summed E-state index contributed by atoms with van der Waals surface area (Å²) in [5.41, 5.74) is 3.78. The first-order chi connectivity index (χ1) is 18.8. The van der Waals surface area contributed by atoms with E-state index in [1.807, 2.05) is 42.5 Å². The Morgan fingerprint density at radius 1 is 1.10 bits per heavy atom. The molecule has 0 bridgehead atoms. The molecule has 1 aliphatic heterocycles. The van der Waals surface area contributed by atoms with Crippen molar-refractivity contribution >= 4 is 29.6 Å². The number of methoxy groups -OCH3 is 2. The van der Waals surface area contributed by atoms with Crippen molar-refractivity contribution in [1.82, 2.24) is 4.90 Å². The summed E-state index contributed by atoms with van der Waals surface area (Å²) < 4.78 is 9.99. The van der Waals surface area contributed by atoms with E-state index in [1.165, 1.54) is 7.11 Å². The minimum atomic E-state index is -1.06. The van der Waals surface area contributed by atoms with Gasteiger partial charge in [-0.25, -0.2) is 4.79 Å². The number of carbonyl (C=O) groups is 3. The summed E-state index contributed by atoms with van der Waals surface area (Å²) in [6.07, 6.45) is 0.678. The minimum Gasteiger partial charge on any atom is -0.508 e. The van der Waals surface area contributed by atoms with Crippen molar-refractivity contribution in [3.63, 3.8) is 0 Å². The Kier molecular flexibility index (Phi) is 8.96. The number of hydrogen-bond donors (Lipinski definition) is 3. The summed E-state index contributed by atoms with van der Waals surface area (Å²) in [4.78, 5) is 38.8. The minimum absolute atomic E-state index is 0.108. The molecule has 2 aromatic rings. The van der Waals surface area contributed by atoms with Gasteiger partial charge in [-0.2, -0.15) is 4.90 Å². The van der Waals surface area contributed by atoms with Gasteiger partial charge in [0.05, 0.1) is 38.3 Å². The fraction of sp³-hybridized carbons (Fsp3) is 0.367. The molecule has 1 aliphatic carbocycles. The molecule has 206 valence electrons. The molecule has 9 heteroatoms. The zero-order chi connectivity index (χ0) is 28.1. The van der Waals surface area contributed by atoms with E-state index in [2.05, 4.69) is 4.74 Å². The first kappa shape index (κ1) is 28.2. The Labute approximate surface area is 227 Å². The van der Waals surface area contributed by atoms with Gasteiger partial charge >= 0.3 is 6.09 Å². The highest BCUT2D eigenvalue weighted by atomic mass is 16.5. The van der Waals surface area contributed by atoms with Gasteiger partial charge in [0.1, 0.15) is 5.75 Å². The van der Waals surface area contributed by atoms with Gasteiger partial charge in [-0.05, 0) is 59.2 Å². The number of carbonyl (C=O) groups excluding carboxylic acids is 3. The maximum Gasteiger partial charge on any atom is 0.423 e. The third-order valence-corrected chi connectivity index (χ3v) is 7.46. The van der Waals surface area contributed by atoms with Crippen molar-refractivity contribution in [1.29, 1.82) is 0 Å². The molecule has 4 rings (SSSR count). The Morgan fingerprint density at radius 2 is 1.85 bits per heavy atom. The molecule has 39 heavy (non-hydrogen) atoms. The fourth-order valence-electron chi connectivity index (χ4n) is 5.75. The molecule has 0 saturated carbocycles. The van der Waals surface area contributed by atoms with Gasteiger partial charge in [-0.1, -0.05) is 48.5 Å². The molecule has 9 nitrogen and oxygen atoms in total. The summed E-state index contributed by atoms with van der Waals surface area (Å²) in [7, 11) is 2.58. The lowest BCUT2D eigenvalue weighted by atomic mass is 9.68. The number of hydrogen-bond acceptors (Lipinski definition) is 8. The van der Waals surface area contributed by atoms with Crippen LogP contribution in [0.4, 0.5) is 4.79 Å². The number of imide groups is 3. The number of fused-ring (bicyclic) bond motifs is 1. The summed E-state index contributed by atoms with van der Waals surface area (Å²) in [6, 6.07) is 16.5. The summed E-state index contributed by atoms with van der Waals surface area (Å²) >= 11 is 0. The predicted molar refractivity (Wildman–Crippen MR) is 143 cm³/mol. The van der Waals surface area contributed by atoms with Crippen LogP contribution in [0.5, 0.6) is 5.75 Å². The molecule has 0 spiro atoms. The fourth-order valence-corrected chi connectivity index (χ4v) is 5.75. The van der Waals surface area contributed by atoms with Crippen molar-refractivity contribution in [2.75, 3.05) is 27.4 Å². The van der Waals surface area contributed by atoms with Gasteiger partial charge in [-0.3, -0.25) is 9.59 Å². The van der Waals surface area contributed by atoms with Gasteiger partial charge in [0.15, 0.2) is 0 Å². The van der Waals surface area contributed by atoms with Crippen LogP contribution in [0.25, 0.3) is 11.6 Å². The van der Waals surface area contributed by atoms with E-state index in [0.29, 0.717) is 22.5 Å². The second-order valence-electron chi connectivity index (χ2n) is 9.78. The van der Waals surface area contributed by atoms with Gasteiger partial charge in [-0.15, -0.1) is 0 Å². The number of phenolic OH excluding ortho intramolecular Hbond substituents is 1. The summed E-state index contributed by atoms with van der Waals surface area (Å²) in [5, 5.41) is 31.8. The highest BCUT2D eigenvalue weighted by Crippen LogP contribution is 2.46.